The van der Waals surface area contributed by atoms with Crippen LogP contribution in [0.1, 0.15) is 45.7 Å². The summed E-state index contributed by atoms with van der Waals surface area (Å²) >= 11 is 5.33. The number of aromatic nitrogens is 2. The van der Waals surface area contributed by atoms with Gasteiger partial charge >= 0.3 is 0 Å². The number of hydrogen-bond acceptors (Lipinski definition) is 2. The van der Waals surface area contributed by atoms with Crippen LogP contribution in [0.2, 0.25) is 0 Å². The zero-order valence-corrected chi connectivity index (χ0v) is 12.2. The van der Waals surface area contributed by atoms with Crippen molar-refractivity contribution in [2.24, 2.45) is 0 Å². The highest BCUT2D eigenvalue weighted by atomic mass is 32.1. The molecule has 3 nitrogen and oxygen atoms in total. The Labute approximate surface area is 109 Å². The predicted molar refractivity (Wildman–Crippen MR) is 74.0 cm³/mol. The molecule has 0 aromatic carbocycles. The Hall–Kier alpha value is -0.610. The number of methoxy groups -OCH3 is 1. The second-order valence-electron chi connectivity index (χ2n) is 5.43. The average Bonchev–Trinajstić information content (AvgIpc) is 2.59. The van der Waals surface area contributed by atoms with Gasteiger partial charge < -0.3 is 14.3 Å². The lowest BCUT2D eigenvalue weighted by atomic mass is 9.92. The smallest absolute Gasteiger partial charge is 0.177 e. The minimum absolute atomic E-state index is 0.139. The van der Waals surface area contributed by atoms with Gasteiger partial charge in [0.25, 0.3) is 0 Å². The molecule has 0 aliphatic heterocycles. The first kappa shape index (κ1) is 14.5. The molecule has 0 bridgehead atoms. The van der Waals surface area contributed by atoms with Gasteiger partial charge in [-0.2, -0.15) is 0 Å². The fourth-order valence-corrected chi connectivity index (χ4v) is 2.18. The number of aromatic amines is 1. The van der Waals surface area contributed by atoms with E-state index in [0.29, 0.717) is 0 Å². The molecule has 0 fully saturated rings. The maximum absolute atomic E-state index is 5.33. The topological polar surface area (TPSA) is 29.9 Å². The van der Waals surface area contributed by atoms with Gasteiger partial charge in [0.1, 0.15) is 0 Å². The molecule has 0 spiro atoms. The van der Waals surface area contributed by atoms with E-state index in [1.54, 1.807) is 7.11 Å². The van der Waals surface area contributed by atoms with Crippen molar-refractivity contribution in [3.8, 4) is 0 Å². The summed E-state index contributed by atoms with van der Waals surface area (Å²) in [5, 5.41) is 0. The van der Waals surface area contributed by atoms with Crippen molar-refractivity contribution in [2.45, 2.75) is 52.0 Å². The Bertz CT molecular complexity index is 387. The van der Waals surface area contributed by atoms with Crippen LogP contribution in [0, 0.1) is 4.77 Å². The lowest BCUT2D eigenvalue weighted by Crippen LogP contribution is -2.17. The summed E-state index contributed by atoms with van der Waals surface area (Å²) in [7, 11) is 1.75. The van der Waals surface area contributed by atoms with E-state index < -0.39 is 0 Å². The van der Waals surface area contributed by atoms with Gasteiger partial charge in [-0.3, -0.25) is 0 Å². The lowest BCUT2D eigenvalue weighted by molar-refractivity contribution is 0.191. The van der Waals surface area contributed by atoms with Crippen LogP contribution in [0.3, 0.4) is 0 Å². The number of rotatable bonds is 6. The van der Waals surface area contributed by atoms with Crippen LogP contribution in [0.5, 0.6) is 0 Å². The third-order valence-corrected chi connectivity index (χ3v) is 3.21. The standard InChI is InChI=1S/C13H24N2OS/c1-13(2,3)11-10-14-12(17)15(11)8-6-5-7-9-16-4/h10H,5-9H2,1-4H3,(H,14,17). The molecule has 1 rings (SSSR count). The summed E-state index contributed by atoms with van der Waals surface area (Å²) < 4.78 is 8.11. The molecule has 0 unspecified atom stereocenters. The summed E-state index contributed by atoms with van der Waals surface area (Å²) in [6.45, 7) is 8.49. The molecule has 1 N–H and O–H groups in total. The summed E-state index contributed by atoms with van der Waals surface area (Å²) in [5.41, 5.74) is 1.43. The van der Waals surface area contributed by atoms with Crippen LogP contribution in [0.15, 0.2) is 6.20 Å². The largest absolute Gasteiger partial charge is 0.385 e. The Morgan fingerprint density at radius 1 is 1.29 bits per heavy atom. The fourth-order valence-electron chi connectivity index (χ4n) is 1.93. The van der Waals surface area contributed by atoms with Crippen molar-refractivity contribution >= 4 is 12.2 Å². The van der Waals surface area contributed by atoms with Crippen LogP contribution in [-0.4, -0.2) is 23.3 Å². The zero-order chi connectivity index (χ0) is 12.9. The first-order valence-electron chi connectivity index (χ1n) is 6.24. The number of ether oxygens (including phenoxy) is 1. The Kier molecular flexibility index (Phi) is 5.40. The van der Waals surface area contributed by atoms with Gasteiger partial charge in [-0.05, 0) is 31.5 Å². The number of hydrogen-bond donors (Lipinski definition) is 1. The molecule has 98 valence electrons. The highest BCUT2D eigenvalue weighted by molar-refractivity contribution is 7.71. The second-order valence-corrected chi connectivity index (χ2v) is 5.82. The number of H-pyrrole nitrogens is 1. The first-order valence-corrected chi connectivity index (χ1v) is 6.65. The molecule has 1 heterocycles. The second kappa shape index (κ2) is 6.36. The van der Waals surface area contributed by atoms with Crippen LogP contribution in [0.4, 0.5) is 0 Å². The molecule has 0 atom stereocenters. The molecule has 4 heteroatoms. The Morgan fingerprint density at radius 2 is 2.00 bits per heavy atom. The van der Waals surface area contributed by atoms with E-state index in [0.717, 1.165) is 30.8 Å². The van der Waals surface area contributed by atoms with Crippen LogP contribution < -0.4 is 0 Å². The van der Waals surface area contributed by atoms with Crippen LogP contribution in [-0.2, 0) is 16.7 Å². The third kappa shape index (κ3) is 4.28. The van der Waals surface area contributed by atoms with Gasteiger partial charge in [-0.25, -0.2) is 0 Å². The highest BCUT2D eigenvalue weighted by Crippen LogP contribution is 2.22. The molecule has 0 aliphatic carbocycles. The molecule has 1 aromatic rings. The maximum Gasteiger partial charge on any atom is 0.177 e. The van der Waals surface area contributed by atoms with Gasteiger partial charge in [-0.15, -0.1) is 0 Å². The Balaban J connectivity index is 2.58. The maximum atomic E-state index is 5.33. The van der Waals surface area contributed by atoms with E-state index in [-0.39, 0.29) is 5.41 Å². The average molecular weight is 256 g/mol. The quantitative estimate of drug-likeness (QED) is 0.622. The van der Waals surface area contributed by atoms with Gasteiger partial charge in [0.15, 0.2) is 4.77 Å². The number of unbranched alkanes of at least 4 members (excludes halogenated alkanes) is 2. The minimum Gasteiger partial charge on any atom is -0.385 e. The fraction of sp³-hybridized carbons (Fsp3) is 0.769. The third-order valence-electron chi connectivity index (χ3n) is 2.87. The van der Waals surface area contributed by atoms with Crippen molar-refractivity contribution in [2.75, 3.05) is 13.7 Å². The number of nitrogens with zero attached hydrogens (tertiary/aromatic N) is 1. The first-order chi connectivity index (χ1) is 7.96. The van der Waals surface area contributed by atoms with Gasteiger partial charge in [0.2, 0.25) is 0 Å². The SMILES string of the molecule is COCCCCCn1c(C(C)(C)C)c[nH]c1=S. The van der Waals surface area contributed by atoms with Gasteiger partial charge in [-0.1, -0.05) is 20.8 Å². The molecule has 0 saturated heterocycles. The van der Waals surface area contributed by atoms with Gasteiger partial charge in [0, 0.05) is 37.6 Å². The normalized spacial score (nSPS) is 12.0. The highest BCUT2D eigenvalue weighted by Gasteiger charge is 2.18. The van der Waals surface area contributed by atoms with E-state index in [2.05, 4.69) is 30.3 Å². The number of nitrogens with one attached hydrogen (secondary N) is 1. The van der Waals surface area contributed by atoms with E-state index in [1.807, 2.05) is 6.20 Å². The van der Waals surface area contributed by atoms with Crippen LogP contribution in [0.25, 0.3) is 0 Å². The van der Waals surface area contributed by atoms with Crippen molar-refractivity contribution in [3.05, 3.63) is 16.7 Å². The van der Waals surface area contributed by atoms with Crippen molar-refractivity contribution in [1.29, 1.82) is 0 Å². The summed E-state index contributed by atoms with van der Waals surface area (Å²) in [5.74, 6) is 0. The van der Waals surface area contributed by atoms with E-state index >= 15 is 0 Å². The molecular weight excluding hydrogens is 232 g/mol. The monoisotopic (exact) mass is 256 g/mol. The Morgan fingerprint density at radius 3 is 2.59 bits per heavy atom. The van der Waals surface area contributed by atoms with Crippen molar-refractivity contribution in [1.82, 2.24) is 9.55 Å². The lowest BCUT2D eigenvalue weighted by Gasteiger charge is -2.20. The van der Waals surface area contributed by atoms with Gasteiger partial charge in [0.05, 0.1) is 0 Å². The predicted octanol–water partition coefficient (Wildman–Crippen LogP) is 3.66. The molecular formula is C13H24N2OS. The van der Waals surface area contributed by atoms with E-state index in [1.165, 1.54) is 12.1 Å². The van der Waals surface area contributed by atoms with Crippen molar-refractivity contribution < 1.29 is 4.74 Å². The zero-order valence-electron chi connectivity index (χ0n) is 11.4. The summed E-state index contributed by atoms with van der Waals surface area (Å²) in [6.07, 6.45) is 5.50. The molecule has 1 aromatic heterocycles. The molecule has 17 heavy (non-hydrogen) atoms. The van der Waals surface area contributed by atoms with E-state index in [4.69, 9.17) is 17.0 Å². The molecule has 0 radical (unpaired) electrons. The summed E-state index contributed by atoms with van der Waals surface area (Å²) in [6, 6.07) is 0. The van der Waals surface area contributed by atoms with Crippen molar-refractivity contribution in [3.63, 3.8) is 0 Å². The molecule has 0 saturated carbocycles. The summed E-state index contributed by atoms with van der Waals surface area (Å²) in [4.78, 5) is 3.15. The molecule has 0 aliphatic rings. The molecule has 0 amide bonds. The minimum atomic E-state index is 0.139. The van der Waals surface area contributed by atoms with E-state index in [9.17, 15) is 0 Å². The van der Waals surface area contributed by atoms with Crippen LogP contribution >= 0.6 is 12.2 Å². The number of imidazole rings is 1.